The molecule has 0 radical (unpaired) electrons. The van der Waals surface area contributed by atoms with E-state index in [1.165, 1.54) is 24.5 Å². The summed E-state index contributed by atoms with van der Waals surface area (Å²) in [6.07, 6.45) is 9.29. The van der Waals surface area contributed by atoms with Gasteiger partial charge >= 0.3 is 0 Å². The second-order valence-corrected chi connectivity index (χ2v) is 16.5. The number of halogens is 1. The van der Waals surface area contributed by atoms with E-state index < -0.39 is 15.8 Å². The molecule has 12 nitrogen and oxygen atoms in total. The van der Waals surface area contributed by atoms with Crippen molar-refractivity contribution < 1.29 is 31.8 Å². The fraction of sp³-hybridized carbons (Fsp3) is 0.676. The van der Waals surface area contributed by atoms with Crippen molar-refractivity contribution >= 4 is 21.7 Å². The highest BCUT2D eigenvalue weighted by Crippen LogP contribution is 2.45. The van der Waals surface area contributed by atoms with Gasteiger partial charge in [0.15, 0.2) is 11.6 Å². The molecular weight excluding hydrogens is 639 g/mol. The second kappa shape index (κ2) is 13.8. The fourth-order valence-electron chi connectivity index (χ4n) is 7.68. The molecule has 5 heterocycles. The Labute approximate surface area is 282 Å². The third kappa shape index (κ3) is 7.32. The number of hydrogen-bond donors (Lipinski definition) is 1. The van der Waals surface area contributed by atoms with Gasteiger partial charge in [-0.25, -0.2) is 27.5 Å². The molecule has 7 rings (SSSR count). The average molecular weight is 687 g/mol. The third-order valence-corrected chi connectivity index (χ3v) is 12.5. The number of aromatic nitrogens is 2. The lowest BCUT2D eigenvalue weighted by atomic mass is 9.72. The van der Waals surface area contributed by atoms with Crippen LogP contribution in [0.3, 0.4) is 0 Å². The number of amides is 1. The van der Waals surface area contributed by atoms with Gasteiger partial charge in [-0.15, -0.1) is 0 Å². The van der Waals surface area contributed by atoms with Crippen LogP contribution in [0.4, 0.5) is 10.2 Å². The first-order valence-electron chi connectivity index (χ1n) is 17.4. The van der Waals surface area contributed by atoms with Crippen molar-refractivity contribution in [3.8, 4) is 11.5 Å². The van der Waals surface area contributed by atoms with Crippen LogP contribution in [0.5, 0.6) is 11.5 Å². The van der Waals surface area contributed by atoms with Crippen LogP contribution in [0.1, 0.15) is 69.2 Å². The maximum Gasteiger partial charge on any atom is 0.258 e. The minimum atomic E-state index is -3.19. The van der Waals surface area contributed by atoms with Crippen molar-refractivity contribution in [3.05, 3.63) is 42.1 Å². The lowest BCUT2D eigenvalue weighted by Crippen LogP contribution is -2.61. The topological polar surface area (TPSA) is 126 Å². The van der Waals surface area contributed by atoms with Crippen LogP contribution in [0, 0.1) is 11.2 Å². The molecule has 1 N–H and O–H groups in total. The number of piperidine rings is 1. The molecule has 5 aliphatic rings. The number of nitrogens with zero attached hydrogens (tertiary/aromatic N) is 5. The van der Waals surface area contributed by atoms with Crippen LogP contribution in [0.15, 0.2) is 30.7 Å². The number of anilines is 1. The number of sulfonamides is 1. The summed E-state index contributed by atoms with van der Waals surface area (Å²) in [5, 5.41) is -0.205. The second-order valence-electron chi connectivity index (χ2n) is 14.5. The highest BCUT2D eigenvalue weighted by molar-refractivity contribution is 7.90. The average Bonchev–Trinajstić information content (AvgIpc) is 3.80. The smallest absolute Gasteiger partial charge is 0.258 e. The molecule has 1 amide bonds. The molecule has 1 saturated carbocycles. The molecule has 1 aromatic carbocycles. The van der Waals surface area contributed by atoms with Gasteiger partial charge in [0.2, 0.25) is 10.0 Å². The molecule has 48 heavy (non-hydrogen) atoms. The van der Waals surface area contributed by atoms with Crippen molar-refractivity contribution in [2.75, 3.05) is 57.4 Å². The van der Waals surface area contributed by atoms with E-state index in [9.17, 15) is 17.6 Å². The standard InChI is InChI=1S/C34H47FN6O6S/c1-23(2)41(26-9-14-45-19-26)33(42)29-15-24(35)3-8-30(29)47-31-16-36-22-37-32(31)40-20-34(21-40)10-12-39(13-11-34)17-27-5-4-25(18-46-27)38-48(43,44)28-6-7-28/h3,8,15-16,22-23,25-28,38H,4-7,9-14,17-21H2,1-2H3/t25-,26+,27+/m1/s1. The summed E-state index contributed by atoms with van der Waals surface area (Å²) in [6.45, 7) is 9.91. The number of benzene rings is 1. The molecule has 5 fully saturated rings. The quantitative estimate of drug-likeness (QED) is 0.375. The van der Waals surface area contributed by atoms with Crippen LogP contribution >= 0.6 is 0 Å². The van der Waals surface area contributed by atoms with E-state index in [0.717, 1.165) is 77.7 Å². The van der Waals surface area contributed by atoms with Crippen molar-refractivity contribution in [1.82, 2.24) is 24.5 Å². The van der Waals surface area contributed by atoms with Gasteiger partial charge in [0, 0.05) is 43.7 Å². The van der Waals surface area contributed by atoms with E-state index in [-0.39, 0.29) is 52.1 Å². The zero-order chi connectivity index (χ0) is 33.5. The Morgan fingerprint density at radius 3 is 2.58 bits per heavy atom. The Morgan fingerprint density at radius 1 is 1.12 bits per heavy atom. The van der Waals surface area contributed by atoms with Crippen LogP contribution in [0.2, 0.25) is 0 Å². The van der Waals surface area contributed by atoms with Gasteiger partial charge in [0.25, 0.3) is 5.91 Å². The maximum absolute atomic E-state index is 14.5. The van der Waals surface area contributed by atoms with Gasteiger partial charge in [0.05, 0.1) is 42.4 Å². The van der Waals surface area contributed by atoms with Crippen LogP contribution in [-0.2, 0) is 19.5 Å². The third-order valence-electron chi connectivity index (χ3n) is 10.5. The van der Waals surface area contributed by atoms with Gasteiger partial charge in [0.1, 0.15) is 17.9 Å². The molecule has 2 aromatic rings. The minimum absolute atomic E-state index is 0.0736. The van der Waals surface area contributed by atoms with Crippen LogP contribution in [0.25, 0.3) is 0 Å². The summed E-state index contributed by atoms with van der Waals surface area (Å²) in [7, 11) is -3.19. The molecule has 1 spiro atoms. The van der Waals surface area contributed by atoms with E-state index in [0.29, 0.717) is 31.4 Å². The summed E-state index contributed by atoms with van der Waals surface area (Å²) in [4.78, 5) is 29.0. The van der Waals surface area contributed by atoms with E-state index in [4.69, 9.17) is 14.2 Å². The van der Waals surface area contributed by atoms with Gasteiger partial charge in [-0.1, -0.05) is 0 Å². The van der Waals surface area contributed by atoms with Gasteiger partial charge in [-0.2, -0.15) is 0 Å². The van der Waals surface area contributed by atoms with Crippen molar-refractivity contribution in [2.45, 2.75) is 88.3 Å². The number of ether oxygens (including phenoxy) is 3. The predicted octanol–water partition coefficient (Wildman–Crippen LogP) is 3.58. The van der Waals surface area contributed by atoms with Gasteiger partial charge in [-0.3, -0.25) is 4.79 Å². The number of rotatable bonds is 11. The molecule has 4 saturated heterocycles. The Kier molecular flexibility index (Phi) is 9.64. The van der Waals surface area contributed by atoms with Gasteiger partial charge < -0.3 is 28.9 Å². The molecule has 0 unspecified atom stereocenters. The molecule has 4 aliphatic heterocycles. The van der Waals surface area contributed by atoms with E-state index in [2.05, 4.69) is 24.5 Å². The van der Waals surface area contributed by atoms with E-state index >= 15 is 0 Å². The maximum atomic E-state index is 14.5. The highest BCUT2D eigenvalue weighted by Gasteiger charge is 2.46. The fourth-order valence-corrected chi connectivity index (χ4v) is 9.28. The first kappa shape index (κ1) is 33.6. The number of nitrogens with one attached hydrogen (secondary N) is 1. The first-order chi connectivity index (χ1) is 23.1. The molecule has 14 heteroatoms. The molecule has 262 valence electrons. The monoisotopic (exact) mass is 686 g/mol. The van der Waals surface area contributed by atoms with Crippen LogP contribution in [-0.4, -0.2) is 116 Å². The summed E-state index contributed by atoms with van der Waals surface area (Å²) < 4.78 is 59.9. The van der Waals surface area contributed by atoms with Crippen LogP contribution < -0.4 is 14.4 Å². The molecule has 3 atom stereocenters. The Bertz CT molecular complexity index is 1560. The predicted molar refractivity (Wildman–Crippen MR) is 177 cm³/mol. The summed E-state index contributed by atoms with van der Waals surface area (Å²) in [5.74, 6) is 0.557. The molecule has 1 aliphatic carbocycles. The van der Waals surface area contributed by atoms with E-state index in [1.54, 1.807) is 11.1 Å². The number of hydrogen-bond acceptors (Lipinski definition) is 10. The summed E-state index contributed by atoms with van der Waals surface area (Å²) in [6, 6.07) is 3.75. The first-order valence-corrected chi connectivity index (χ1v) is 18.9. The largest absolute Gasteiger partial charge is 0.451 e. The summed E-state index contributed by atoms with van der Waals surface area (Å²) in [5.41, 5.74) is 0.353. The molecular formula is C34H47FN6O6S. The Balaban J connectivity index is 0.937. The van der Waals surface area contributed by atoms with Crippen molar-refractivity contribution in [2.24, 2.45) is 5.41 Å². The number of likely N-dealkylation sites (tertiary alicyclic amines) is 1. The number of carbonyl (C=O) groups excluding carboxylic acids is 1. The molecule has 1 aromatic heterocycles. The Morgan fingerprint density at radius 2 is 1.92 bits per heavy atom. The lowest BCUT2D eigenvalue weighted by molar-refractivity contribution is -0.0299. The van der Waals surface area contributed by atoms with Gasteiger partial charge in [-0.05, 0) is 90.1 Å². The van der Waals surface area contributed by atoms with Crippen molar-refractivity contribution in [1.29, 1.82) is 0 Å². The normalized spacial score (nSPS) is 26.1. The van der Waals surface area contributed by atoms with E-state index in [1.807, 2.05) is 13.8 Å². The number of carbonyl (C=O) groups is 1. The molecule has 0 bridgehead atoms. The minimum Gasteiger partial charge on any atom is -0.451 e. The highest BCUT2D eigenvalue weighted by atomic mass is 32.2. The SMILES string of the molecule is CC(C)N(C(=O)c1cc(F)ccc1Oc1cncnc1N1CC2(CCN(C[C@@H]3CC[C@@H](NS(=O)(=O)C4CC4)CO3)CC2)C1)[C@H]1CCOC1. The zero-order valence-electron chi connectivity index (χ0n) is 27.9. The Hall–Kier alpha value is -2.91. The zero-order valence-corrected chi connectivity index (χ0v) is 28.7. The lowest BCUT2D eigenvalue weighted by Gasteiger charge is -2.54. The van der Waals surface area contributed by atoms with Crippen molar-refractivity contribution in [3.63, 3.8) is 0 Å². The summed E-state index contributed by atoms with van der Waals surface area (Å²) >= 11 is 0.